The van der Waals surface area contributed by atoms with E-state index in [-0.39, 0.29) is 30.0 Å². The van der Waals surface area contributed by atoms with E-state index in [1.165, 1.54) is 35.6 Å². The molecule has 0 saturated heterocycles. The Labute approximate surface area is 187 Å². The van der Waals surface area contributed by atoms with Crippen molar-refractivity contribution in [3.8, 4) is 0 Å². The van der Waals surface area contributed by atoms with Crippen LogP contribution in [0, 0.1) is 35.4 Å². The molecule has 164 valence electrons. The number of carbonyl (C=O) groups excluding carboxylic acids is 2. The zero-order valence-corrected chi connectivity index (χ0v) is 18.4. The molecule has 0 aliphatic heterocycles. The average molecular weight is 462 g/mol. The first-order valence-electron chi connectivity index (χ1n) is 10.5. The van der Waals surface area contributed by atoms with E-state index in [0.29, 0.717) is 32.8 Å². The molecule has 0 radical (unpaired) electrons. The highest BCUT2D eigenvalue weighted by Gasteiger charge is 2.62. The van der Waals surface area contributed by atoms with Crippen molar-refractivity contribution in [2.45, 2.75) is 29.6 Å². The fraction of sp³-hybridized carbons (Fsp3) is 0.524. The number of carbonyl (C=O) groups is 2. The fourth-order valence-electron chi connectivity index (χ4n) is 5.45. The van der Waals surface area contributed by atoms with Gasteiger partial charge in [-0.3, -0.25) is 9.59 Å². The highest BCUT2D eigenvalue weighted by molar-refractivity contribution is 8.01. The first-order valence-corrected chi connectivity index (χ1v) is 12.3. The van der Waals surface area contributed by atoms with Gasteiger partial charge in [-0.15, -0.1) is 10.2 Å². The zero-order chi connectivity index (χ0) is 21.5. The molecule has 6 unspecified atom stereocenters. The minimum Gasteiger partial charge on any atom is -0.374 e. The highest BCUT2D eigenvalue weighted by atomic mass is 32.2. The van der Waals surface area contributed by atoms with Crippen molar-refractivity contribution < 1.29 is 14.0 Å². The lowest BCUT2D eigenvalue weighted by molar-refractivity contribution is -0.128. The number of anilines is 1. The van der Waals surface area contributed by atoms with E-state index in [2.05, 4.69) is 20.8 Å². The number of amides is 2. The third-order valence-corrected chi connectivity index (χ3v) is 8.77. The van der Waals surface area contributed by atoms with Crippen molar-refractivity contribution in [3.05, 3.63) is 35.6 Å². The summed E-state index contributed by atoms with van der Waals surface area (Å²) in [6.07, 6.45) is 3.36. The number of fused-ring (bicyclic) bond motifs is 5. The SMILES string of the molecule is Nc1nnc(SCC(=O)NCC(NC(=O)C2CC3CC2C2CC32)c2ccccc2F)s1. The summed E-state index contributed by atoms with van der Waals surface area (Å²) in [5, 5.41) is 13.8. The molecule has 2 aromatic rings. The molecular formula is C21H24FN5O2S2. The number of aromatic nitrogens is 2. The number of benzene rings is 1. The van der Waals surface area contributed by atoms with Crippen molar-refractivity contribution in [1.29, 1.82) is 0 Å². The number of nitrogen functional groups attached to an aromatic ring is 1. The van der Waals surface area contributed by atoms with Crippen molar-refractivity contribution in [3.63, 3.8) is 0 Å². The van der Waals surface area contributed by atoms with Crippen LogP contribution < -0.4 is 16.4 Å². The summed E-state index contributed by atoms with van der Waals surface area (Å²) in [7, 11) is 0. The van der Waals surface area contributed by atoms with Gasteiger partial charge in [0.2, 0.25) is 16.9 Å². The highest BCUT2D eigenvalue weighted by Crippen LogP contribution is 2.67. The molecule has 2 bridgehead atoms. The molecule has 31 heavy (non-hydrogen) atoms. The Hall–Kier alpha value is -2.20. The smallest absolute Gasteiger partial charge is 0.230 e. The van der Waals surface area contributed by atoms with Gasteiger partial charge in [-0.1, -0.05) is 41.3 Å². The number of halogens is 1. The predicted molar refractivity (Wildman–Crippen MR) is 117 cm³/mol. The number of nitrogens with two attached hydrogens (primary N) is 1. The molecule has 0 spiro atoms. The number of thioether (sulfide) groups is 1. The zero-order valence-electron chi connectivity index (χ0n) is 16.8. The fourth-order valence-corrected chi connectivity index (χ4v) is 6.92. The van der Waals surface area contributed by atoms with Crippen LogP contribution in [0.2, 0.25) is 0 Å². The number of nitrogens with zero attached hydrogens (tertiary/aromatic N) is 2. The number of hydrogen-bond donors (Lipinski definition) is 3. The Kier molecular flexibility index (Phi) is 5.60. The summed E-state index contributed by atoms with van der Waals surface area (Å²) < 4.78 is 15.1. The molecule has 5 rings (SSSR count). The van der Waals surface area contributed by atoms with E-state index in [4.69, 9.17) is 5.73 Å². The van der Waals surface area contributed by atoms with E-state index in [9.17, 15) is 14.0 Å². The van der Waals surface area contributed by atoms with Gasteiger partial charge in [0.15, 0.2) is 4.34 Å². The molecule has 2 amide bonds. The maximum absolute atomic E-state index is 14.5. The predicted octanol–water partition coefficient (Wildman–Crippen LogP) is 2.62. The van der Waals surface area contributed by atoms with Gasteiger partial charge < -0.3 is 16.4 Å². The van der Waals surface area contributed by atoms with Crippen molar-refractivity contribution in [2.24, 2.45) is 29.6 Å². The Morgan fingerprint density at radius 3 is 2.74 bits per heavy atom. The Morgan fingerprint density at radius 2 is 2.03 bits per heavy atom. The topological polar surface area (TPSA) is 110 Å². The second kappa shape index (κ2) is 8.38. The minimum absolute atomic E-state index is 0.0112. The Morgan fingerprint density at radius 1 is 1.19 bits per heavy atom. The third kappa shape index (κ3) is 4.27. The quantitative estimate of drug-likeness (QED) is 0.522. The number of rotatable bonds is 8. The third-order valence-electron chi connectivity index (χ3n) is 6.88. The van der Waals surface area contributed by atoms with E-state index in [1.54, 1.807) is 18.2 Å². The van der Waals surface area contributed by atoms with Gasteiger partial charge in [0.05, 0.1) is 11.8 Å². The molecule has 1 aromatic carbocycles. The molecule has 3 saturated carbocycles. The van der Waals surface area contributed by atoms with Gasteiger partial charge in [-0.2, -0.15) is 0 Å². The van der Waals surface area contributed by atoms with Gasteiger partial charge in [0.25, 0.3) is 0 Å². The molecule has 3 fully saturated rings. The van der Waals surface area contributed by atoms with Crippen LogP contribution in [0.5, 0.6) is 0 Å². The second-order valence-electron chi connectivity index (χ2n) is 8.65. The van der Waals surface area contributed by atoms with Crippen molar-refractivity contribution in [1.82, 2.24) is 20.8 Å². The van der Waals surface area contributed by atoms with Gasteiger partial charge in [0, 0.05) is 18.0 Å². The molecule has 3 aliphatic carbocycles. The largest absolute Gasteiger partial charge is 0.374 e. The van der Waals surface area contributed by atoms with Gasteiger partial charge >= 0.3 is 0 Å². The van der Waals surface area contributed by atoms with Crippen LogP contribution in [0.25, 0.3) is 0 Å². The van der Waals surface area contributed by atoms with Gasteiger partial charge in [-0.05, 0) is 49.0 Å². The maximum atomic E-state index is 14.5. The van der Waals surface area contributed by atoms with Crippen molar-refractivity contribution >= 4 is 40.0 Å². The summed E-state index contributed by atoms with van der Waals surface area (Å²) in [5.74, 6) is 2.24. The molecule has 4 N–H and O–H groups in total. The van der Waals surface area contributed by atoms with Crippen LogP contribution >= 0.6 is 23.1 Å². The van der Waals surface area contributed by atoms with Crippen molar-refractivity contribution in [2.75, 3.05) is 18.0 Å². The lowest BCUT2D eigenvalue weighted by atomic mass is 9.87. The molecular weight excluding hydrogens is 437 g/mol. The minimum atomic E-state index is -0.617. The van der Waals surface area contributed by atoms with Crippen LogP contribution in [0.4, 0.5) is 9.52 Å². The Balaban J connectivity index is 1.21. The molecule has 7 nitrogen and oxygen atoms in total. The van der Waals surface area contributed by atoms with E-state index < -0.39 is 11.9 Å². The van der Waals surface area contributed by atoms with E-state index in [1.807, 2.05) is 0 Å². The van der Waals surface area contributed by atoms with E-state index >= 15 is 0 Å². The lowest BCUT2D eigenvalue weighted by Gasteiger charge is -2.26. The van der Waals surface area contributed by atoms with Crippen LogP contribution in [0.15, 0.2) is 28.6 Å². The van der Waals surface area contributed by atoms with Crippen LogP contribution in [-0.2, 0) is 9.59 Å². The number of hydrogen-bond acceptors (Lipinski definition) is 7. The van der Waals surface area contributed by atoms with E-state index in [0.717, 1.165) is 18.8 Å². The van der Waals surface area contributed by atoms with Gasteiger partial charge in [-0.25, -0.2) is 4.39 Å². The normalized spacial score (nSPS) is 28.7. The summed E-state index contributed by atoms with van der Waals surface area (Å²) in [5.41, 5.74) is 5.93. The lowest BCUT2D eigenvalue weighted by Crippen LogP contribution is -2.42. The molecule has 1 aromatic heterocycles. The first-order chi connectivity index (χ1) is 15.0. The summed E-state index contributed by atoms with van der Waals surface area (Å²) >= 11 is 2.46. The van der Waals surface area contributed by atoms with Crippen LogP contribution in [0.1, 0.15) is 30.9 Å². The molecule has 6 atom stereocenters. The molecule has 1 heterocycles. The van der Waals surface area contributed by atoms with Crippen LogP contribution in [-0.4, -0.2) is 34.3 Å². The molecule has 3 aliphatic rings. The molecule has 10 heteroatoms. The maximum Gasteiger partial charge on any atom is 0.230 e. The Bertz CT molecular complexity index is 1000. The second-order valence-corrected chi connectivity index (χ2v) is 10.9. The number of nitrogens with one attached hydrogen (secondary N) is 2. The summed E-state index contributed by atoms with van der Waals surface area (Å²) in [6.45, 7) is 0.122. The summed E-state index contributed by atoms with van der Waals surface area (Å²) in [4.78, 5) is 25.4. The van der Waals surface area contributed by atoms with Crippen LogP contribution in [0.3, 0.4) is 0 Å². The standard InChI is InChI=1S/C21H24FN5O2S2/c22-16-4-2-1-3-11(16)17(8-24-18(28)9-30-21-27-26-20(23)31-21)25-19(29)15-6-10-5-13(15)14-7-12(10)14/h1-4,10,12-15,17H,5-9H2,(H2,23,26)(H,24,28)(H,25,29). The first kappa shape index (κ1) is 20.7. The monoisotopic (exact) mass is 461 g/mol. The summed E-state index contributed by atoms with van der Waals surface area (Å²) in [6, 6.07) is 5.76. The average Bonchev–Trinajstić information content (AvgIpc) is 3.11. The van der Waals surface area contributed by atoms with Gasteiger partial charge in [0.1, 0.15) is 5.82 Å².